The third kappa shape index (κ3) is 5.35. The van der Waals surface area contributed by atoms with Crippen molar-refractivity contribution >= 4 is 35.0 Å². The van der Waals surface area contributed by atoms with Crippen LogP contribution in [0.5, 0.6) is 0 Å². The fourth-order valence-electron chi connectivity index (χ4n) is 2.83. The van der Waals surface area contributed by atoms with E-state index in [-0.39, 0.29) is 0 Å². The fourth-order valence-corrected chi connectivity index (χ4v) is 4.70. The van der Waals surface area contributed by atoms with Crippen molar-refractivity contribution in [1.82, 2.24) is 5.32 Å². The van der Waals surface area contributed by atoms with Gasteiger partial charge in [-0.3, -0.25) is 0 Å². The first-order chi connectivity index (χ1) is 10.2. The molecule has 1 unspecified atom stereocenters. The molecule has 118 valence electrons. The van der Waals surface area contributed by atoms with Crippen LogP contribution < -0.4 is 5.32 Å². The Labute approximate surface area is 143 Å². The summed E-state index contributed by atoms with van der Waals surface area (Å²) in [5.41, 5.74) is 1.14. The highest BCUT2D eigenvalue weighted by Crippen LogP contribution is 2.35. The Morgan fingerprint density at radius 1 is 1.24 bits per heavy atom. The zero-order valence-corrected chi connectivity index (χ0v) is 15.0. The molecule has 1 fully saturated rings. The minimum Gasteiger partial charge on any atom is -0.309 e. The average Bonchev–Trinajstić information content (AvgIpc) is 2.52. The number of thioether (sulfide) groups is 1. The molecule has 1 atom stereocenters. The lowest BCUT2D eigenvalue weighted by Crippen LogP contribution is -2.25. The van der Waals surface area contributed by atoms with Crippen molar-refractivity contribution in [2.24, 2.45) is 0 Å². The van der Waals surface area contributed by atoms with E-state index in [1.165, 1.54) is 32.1 Å². The predicted molar refractivity (Wildman–Crippen MR) is 96.8 cm³/mol. The quantitative estimate of drug-likeness (QED) is 0.640. The van der Waals surface area contributed by atoms with E-state index in [9.17, 15) is 0 Å². The molecule has 1 aliphatic carbocycles. The highest BCUT2D eigenvalue weighted by atomic mass is 35.5. The van der Waals surface area contributed by atoms with Gasteiger partial charge < -0.3 is 5.32 Å². The molecule has 1 aromatic rings. The molecule has 0 radical (unpaired) electrons. The number of hydrogen-bond acceptors (Lipinski definition) is 2. The third-order valence-electron chi connectivity index (χ3n) is 4.05. The van der Waals surface area contributed by atoms with Crippen molar-refractivity contribution in [2.75, 3.05) is 12.3 Å². The summed E-state index contributed by atoms with van der Waals surface area (Å²) in [4.78, 5) is 0. The van der Waals surface area contributed by atoms with Crippen LogP contribution in [0.15, 0.2) is 18.2 Å². The van der Waals surface area contributed by atoms with E-state index in [1.807, 2.05) is 12.1 Å². The van der Waals surface area contributed by atoms with Crippen LogP contribution >= 0.6 is 35.0 Å². The maximum atomic E-state index is 6.41. The van der Waals surface area contributed by atoms with Gasteiger partial charge in [-0.1, -0.05) is 61.5 Å². The Balaban J connectivity index is 2.01. The van der Waals surface area contributed by atoms with Crippen LogP contribution in [-0.4, -0.2) is 17.5 Å². The summed E-state index contributed by atoms with van der Waals surface area (Å²) in [7, 11) is 0. The van der Waals surface area contributed by atoms with Crippen molar-refractivity contribution in [3.8, 4) is 0 Å². The van der Waals surface area contributed by atoms with E-state index in [1.54, 1.807) is 0 Å². The Bertz CT molecular complexity index is 433. The molecule has 1 saturated carbocycles. The smallest absolute Gasteiger partial charge is 0.0640 e. The van der Waals surface area contributed by atoms with Gasteiger partial charge in [-0.25, -0.2) is 0 Å². The van der Waals surface area contributed by atoms with Crippen LogP contribution in [0.4, 0.5) is 0 Å². The Kier molecular flexibility index (Phi) is 7.73. The molecule has 1 aromatic carbocycles. The van der Waals surface area contributed by atoms with Crippen molar-refractivity contribution in [3.05, 3.63) is 33.8 Å². The van der Waals surface area contributed by atoms with Gasteiger partial charge in [0.15, 0.2) is 0 Å². The minimum atomic E-state index is 0.295. The molecular formula is C17H25Cl2NS. The zero-order chi connectivity index (χ0) is 15.1. The average molecular weight is 346 g/mol. The van der Waals surface area contributed by atoms with E-state index in [4.69, 9.17) is 23.2 Å². The lowest BCUT2D eigenvalue weighted by atomic mass is 10.0. The number of benzene rings is 1. The maximum absolute atomic E-state index is 6.41. The molecule has 4 heteroatoms. The molecule has 1 nitrogen and oxygen atoms in total. The minimum absolute atomic E-state index is 0.295. The van der Waals surface area contributed by atoms with Gasteiger partial charge in [0.2, 0.25) is 0 Å². The molecule has 0 amide bonds. The fraction of sp³-hybridized carbons (Fsp3) is 0.647. The van der Waals surface area contributed by atoms with Crippen molar-refractivity contribution in [3.63, 3.8) is 0 Å². The molecule has 1 N–H and O–H groups in total. The van der Waals surface area contributed by atoms with Gasteiger partial charge in [0.1, 0.15) is 0 Å². The van der Waals surface area contributed by atoms with E-state index in [0.29, 0.717) is 16.1 Å². The summed E-state index contributed by atoms with van der Waals surface area (Å²) >= 11 is 14.7. The number of halogens is 2. The topological polar surface area (TPSA) is 12.0 Å². The van der Waals surface area contributed by atoms with Crippen LogP contribution in [0.1, 0.15) is 57.1 Å². The molecule has 21 heavy (non-hydrogen) atoms. The van der Waals surface area contributed by atoms with Crippen molar-refractivity contribution in [2.45, 2.75) is 56.7 Å². The molecule has 0 spiro atoms. The second kappa shape index (κ2) is 9.29. The van der Waals surface area contributed by atoms with Gasteiger partial charge >= 0.3 is 0 Å². The van der Waals surface area contributed by atoms with E-state index in [0.717, 1.165) is 29.5 Å². The maximum Gasteiger partial charge on any atom is 0.0640 e. The highest BCUT2D eigenvalue weighted by Gasteiger charge is 2.19. The molecule has 0 aliphatic heterocycles. The normalized spacial score (nSPS) is 17.9. The van der Waals surface area contributed by atoms with Gasteiger partial charge in [0, 0.05) is 17.0 Å². The van der Waals surface area contributed by atoms with Gasteiger partial charge in [0.05, 0.1) is 10.0 Å². The Hall–Kier alpha value is 0.110. The van der Waals surface area contributed by atoms with E-state index in [2.05, 4.69) is 30.1 Å². The van der Waals surface area contributed by atoms with E-state index < -0.39 is 0 Å². The lowest BCUT2D eigenvalue weighted by molar-refractivity contribution is 0.513. The van der Waals surface area contributed by atoms with Crippen LogP contribution in [0.25, 0.3) is 0 Å². The summed E-state index contributed by atoms with van der Waals surface area (Å²) in [6.07, 6.45) is 8.06. The Morgan fingerprint density at radius 2 is 2.00 bits per heavy atom. The first-order valence-corrected chi connectivity index (χ1v) is 9.81. The van der Waals surface area contributed by atoms with Crippen LogP contribution in [-0.2, 0) is 0 Å². The molecule has 0 bridgehead atoms. The molecule has 0 saturated heterocycles. The monoisotopic (exact) mass is 345 g/mol. The van der Waals surface area contributed by atoms with Crippen LogP contribution in [0, 0.1) is 0 Å². The highest BCUT2D eigenvalue weighted by molar-refractivity contribution is 7.99. The van der Waals surface area contributed by atoms with Crippen molar-refractivity contribution in [1.29, 1.82) is 0 Å². The summed E-state index contributed by atoms with van der Waals surface area (Å²) in [5, 5.41) is 5.81. The number of nitrogens with one attached hydrogen (secondary N) is 1. The molecule has 0 aromatic heterocycles. The van der Waals surface area contributed by atoms with Gasteiger partial charge in [-0.15, -0.1) is 0 Å². The van der Waals surface area contributed by atoms with Gasteiger partial charge in [-0.2, -0.15) is 11.8 Å². The van der Waals surface area contributed by atoms with Crippen molar-refractivity contribution < 1.29 is 0 Å². The summed E-state index contributed by atoms with van der Waals surface area (Å²) in [5.74, 6) is 1.07. The second-order valence-corrected chi connectivity index (χ2v) is 7.86. The second-order valence-electron chi connectivity index (χ2n) is 5.74. The number of rotatable bonds is 7. The molecule has 1 aliphatic rings. The zero-order valence-electron chi connectivity index (χ0n) is 12.7. The standard InChI is InChI=1S/C17H25Cl2NS/c1-2-11-20-16(12-21-13-7-4-3-5-8-13)14-9-6-10-15(18)17(14)19/h6,9-10,13,16,20H,2-5,7-8,11-12H2,1H3. The van der Waals surface area contributed by atoms with E-state index >= 15 is 0 Å². The Morgan fingerprint density at radius 3 is 2.71 bits per heavy atom. The third-order valence-corrected chi connectivity index (χ3v) is 6.35. The SMILES string of the molecule is CCCNC(CSC1CCCCC1)c1cccc(Cl)c1Cl. The molecule has 0 heterocycles. The first-order valence-electron chi connectivity index (χ1n) is 8.01. The summed E-state index contributed by atoms with van der Waals surface area (Å²) in [6.45, 7) is 3.21. The molecule has 2 rings (SSSR count). The number of hydrogen-bond donors (Lipinski definition) is 1. The summed E-state index contributed by atoms with van der Waals surface area (Å²) < 4.78 is 0. The van der Waals surface area contributed by atoms with Gasteiger partial charge in [0.25, 0.3) is 0 Å². The largest absolute Gasteiger partial charge is 0.309 e. The lowest BCUT2D eigenvalue weighted by Gasteiger charge is -2.25. The van der Waals surface area contributed by atoms with Crippen LogP contribution in [0.2, 0.25) is 10.0 Å². The predicted octanol–water partition coefficient (Wildman–Crippen LogP) is 6.10. The first kappa shape index (κ1) is 17.5. The molecular weight excluding hydrogens is 321 g/mol. The van der Waals surface area contributed by atoms with Gasteiger partial charge in [-0.05, 0) is 37.4 Å². The van der Waals surface area contributed by atoms with Crippen LogP contribution in [0.3, 0.4) is 0 Å². The summed E-state index contributed by atoms with van der Waals surface area (Å²) in [6, 6.07) is 6.25.